The van der Waals surface area contributed by atoms with Crippen molar-refractivity contribution in [1.82, 2.24) is 9.29 Å². The molecule has 0 amide bonds. The Morgan fingerprint density at radius 3 is 2.58 bits per heavy atom. The third-order valence-electron chi connectivity index (χ3n) is 4.20. The Morgan fingerprint density at radius 2 is 2.08 bits per heavy atom. The lowest BCUT2D eigenvalue weighted by Gasteiger charge is -2.30. The van der Waals surface area contributed by atoms with Crippen molar-refractivity contribution in [2.45, 2.75) is 56.3 Å². The van der Waals surface area contributed by atoms with Gasteiger partial charge in [-0.15, -0.1) is 0 Å². The molecule has 6 nitrogen and oxygen atoms in total. The number of hydrogen-bond acceptors (Lipinski definition) is 3. The summed E-state index contributed by atoms with van der Waals surface area (Å²) >= 11 is 0. The molecule has 1 aromatic rings. The van der Waals surface area contributed by atoms with E-state index in [4.69, 9.17) is 5.11 Å². The monoisotopic (exact) mass is 368 g/mol. The van der Waals surface area contributed by atoms with Crippen molar-refractivity contribution in [1.29, 1.82) is 0 Å². The summed E-state index contributed by atoms with van der Waals surface area (Å²) in [4.78, 5) is 10.8. The SMILES string of the molecule is CCn1cc(S(=O)(=O)NC2CCCC(C(F)(F)F)C2)cc1C(=O)O. The summed E-state index contributed by atoms with van der Waals surface area (Å²) < 4.78 is 66.7. The van der Waals surface area contributed by atoms with E-state index in [9.17, 15) is 26.4 Å². The van der Waals surface area contributed by atoms with Crippen molar-refractivity contribution in [3.63, 3.8) is 0 Å². The van der Waals surface area contributed by atoms with Crippen LogP contribution in [0.4, 0.5) is 13.2 Å². The second kappa shape index (κ2) is 6.75. The summed E-state index contributed by atoms with van der Waals surface area (Å²) in [6.45, 7) is 1.92. The van der Waals surface area contributed by atoms with Crippen LogP contribution < -0.4 is 4.72 Å². The summed E-state index contributed by atoms with van der Waals surface area (Å²) in [6.07, 6.45) is -2.86. The molecule has 0 aromatic carbocycles. The minimum Gasteiger partial charge on any atom is -0.477 e. The Hall–Kier alpha value is -1.55. The fourth-order valence-electron chi connectivity index (χ4n) is 2.95. The first-order valence-corrected chi connectivity index (χ1v) is 9.05. The van der Waals surface area contributed by atoms with Crippen LogP contribution in [0.1, 0.15) is 43.1 Å². The summed E-state index contributed by atoms with van der Waals surface area (Å²) in [7, 11) is -4.08. The largest absolute Gasteiger partial charge is 0.477 e. The molecule has 0 spiro atoms. The molecule has 136 valence electrons. The van der Waals surface area contributed by atoms with Gasteiger partial charge in [0.25, 0.3) is 0 Å². The van der Waals surface area contributed by atoms with Gasteiger partial charge in [0.15, 0.2) is 0 Å². The highest BCUT2D eigenvalue weighted by Gasteiger charge is 2.43. The first-order valence-electron chi connectivity index (χ1n) is 7.57. The normalized spacial score (nSPS) is 22.5. The zero-order valence-corrected chi connectivity index (χ0v) is 13.8. The van der Waals surface area contributed by atoms with Gasteiger partial charge in [0, 0.05) is 18.8 Å². The molecule has 1 aliphatic carbocycles. The molecule has 2 atom stereocenters. The Labute approximate surface area is 137 Å². The molecular formula is C14H19F3N2O4S. The molecule has 0 saturated heterocycles. The number of aromatic nitrogens is 1. The minimum absolute atomic E-state index is 0.00288. The van der Waals surface area contributed by atoms with Crippen molar-refractivity contribution in [3.8, 4) is 0 Å². The molecule has 0 bridgehead atoms. The number of aromatic carboxylic acids is 1. The topological polar surface area (TPSA) is 88.4 Å². The van der Waals surface area contributed by atoms with Crippen LogP contribution in [0.3, 0.4) is 0 Å². The third-order valence-corrected chi connectivity index (χ3v) is 5.69. The van der Waals surface area contributed by atoms with Crippen LogP contribution in [-0.2, 0) is 16.6 Å². The summed E-state index contributed by atoms with van der Waals surface area (Å²) in [6, 6.07) is 0.201. The van der Waals surface area contributed by atoms with Gasteiger partial charge in [-0.1, -0.05) is 6.42 Å². The number of carbonyl (C=O) groups is 1. The summed E-state index contributed by atoms with van der Waals surface area (Å²) in [5.74, 6) is -2.79. The van der Waals surface area contributed by atoms with E-state index >= 15 is 0 Å². The molecule has 0 radical (unpaired) electrons. The van der Waals surface area contributed by atoms with Crippen LogP contribution in [0.2, 0.25) is 0 Å². The Morgan fingerprint density at radius 1 is 1.42 bits per heavy atom. The lowest BCUT2D eigenvalue weighted by atomic mass is 9.86. The highest BCUT2D eigenvalue weighted by Crippen LogP contribution is 2.37. The average Bonchev–Trinajstić information content (AvgIpc) is 2.91. The van der Waals surface area contributed by atoms with E-state index in [0.717, 1.165) is 6.07 Å². The zero-order chi connectivity index (χ0) is 18.1. The molecular weight excluding hydrogens is 349 g/mol. The number of aryl methyl sites for hydroxylation is 1. The zero-order valence-electron chi connectivity index (χ0n) is 13.0. The van der Waals surface area contributed by atoms with Crippen LogP contribution in [0.25, 0.3) is 0 Å². The van der Waals surface area contributed by atoms with Gasteiger partial charge < -0.3 is 9.67 Å². The summed E-state index contributed by atoms with van der Waals surface area (Å²) in [5.41, 5.74) is -0.185. The van der Waals surface area contributed by atoms with Gasteiger partial charge in [-0.2, -0.15) is 13.2 Å². The molecule has 1 aliphatic rings. The number of sulfonamides is 1. The van der Waals surface area contributed by atoms with Crippen LogP contribution >= 0.6 is 0 Å². The van der Waals surface area contributed by atoms with Crippen LogP contribution in [0.5, 0.6) is 0 Å². The maximum Gasteiger partial charge on any atom is 0.391 e. The maximum absolute atomic E-state index is 12.8. The molecule has 1 aromatic heterocycles. The molecule has 2 N–H and O–H groups in total. The van der Waals surface area contributed by atoms with Gasteiger partial charge in [0.2, 0.25) is 10.0 Å². The van der Waals surface area contributed by atoms with E-state index in [1.165, 1.54) is 10.8 Å². The van der Waals surface area contributed by atoms with E-state index in [1.807, 2.05) is 0 Å². The van der Waals surface area contributed by atoms with E-state index in [1.54, 1.807) is 6.92 Å². The van der Waals surface area contributed by atoms with Crippen LogP contribution in [0, 0.1) is 5.92 Å². The van der Waals surface area contributed by atoms with Crippen molar-refractivity contribution < 1.29 is 31.5 Å². The number of hydrogen-bond donors (Lipinski definition) is 2. The van der Waals surface area contributed by atoms with E-state index in [0.29, 0.717) is 6.42 Å². The molecule has 1 saturated carbocycles. The number of halogens is 3. The standard InChI is InChI=1S/C14H19F3N2O4S/c1-2-19-8-11(7-12(19)13(20)21)24(22,23)18-10-5-3-4-9(6-10)14(15,16)17/h7-10,18H,2-6H2,1H3,(H,20,21). The molecule has 2 unspecified atom stereocenters. The molecule has 24 heavy (non-hydrogen) atoms. The Bertz CT molecular complexity index is 712. The third kappa shape index (κ3) is 4.10. The number of nitrogens with one attached hydrogen (secondary N) is 1. The lowest BCUT2D eigenvalue weighted by molar-refractivity contribution is -0.183. The molecule has 1 heterocycles. The molecule has 0 aliphatic heterocycles. The maximum atomic E-state index is 12.8. The van der Waals surface area contributed by atoms with Gasteiger partial charge in [-0.3, -0.25) is 0 Å². The van der Waals surface area contributed by atoms with Crippen LogP contribution in [-0.4, -0.2) is 36.3 Å². The van der Waals surface area contributed by atoms with Crippen molar-refractivity contribution >= 4 is 16.0 Å². The number of nitrogens with zero attached hydrogens (tertiary/aromatic N) is 1. The first kappa shape index (κ1) is 18.8. The molecule has 2 rings (SSSR count). The van der Waals surface area contributed by atoms with Gasteiger partial charge in [0.05, 0.1) is 5.92 Å². The predicted molar refractivity (Wildman–Crippen MR) is 79.2 cm³/mol. The van der Waals surface area contributed by atoms with Gasteiger partial charge in [-0.05, 0) is 32.3 Å². The van der Waals surface area contributed by atoms with Crippen LogP contribution in [0.15, 0.2) is 17.2 Å². The number of rotatable bonds is 5. The quantitative estimate of drug-likeness (QED) is 0.836. The van der Waals surface area contributed by atoms with Gasteiger partial charge in [-0.25, -0.2) is 17.9 Å². The number of carboxylic acid groups (broad SMARTS) is 1. The number of carboxylic acids is 1. The second-order valence-corrected chi connectivity index (χ2v) is 7.59. The Kier molecular flexibility index (Phi) is 5.28. The smallest absolute Gasteiger partial charge is 0.391 e. The summed E-state index contributed by atoms with van der Waals surface area (Å²) in [5, 5.41) is 9.06. The van der Waals surface area contributed by atoms with Gasteiger partial charge in [0.1, 0.15) is 10.6 Å². The molecule has 10 heteroatoms. The van der Waals surface area contributed by atoms with E-state index in [2.05, 4.69) is 4.72 Å². The van der Waals surface area contributed by atoms with Crippen molar-refractivity contribution in [2.75, 3.05) is 0 Å². The van der Waals surface area contributed by atoms with E-state index < -0.39 is 34.1 Å². The second-order valence-electron chi connectivity index (χ2n) is 5.88. The predicted octanol–water partition coefficient (Wildman–Crippen LogP) is 2.61. The van der Waals surface area contributed by atoms with E-state index in [-0.39, 0.29) is 36.4 Å². The lowest BCUT2D eigenvalue weighted by Crippen LogP contribution is -2.41. The fourth-order valence-corrected chi connectivity index (χ4v) is 4.27. The fraction of sp³-hybridized carbons (Fsp3) is 0.643. The highest BCUT2D eigenvalue weighted by atomic mass is 32.2. The van der Waals surface area contributed by atoms with Crippen molar-refractivity contribution in [2.24, 2.45) is 5.92 Å². The van der Waals surface area contributed by atoms with Crippen molar-refractivity contribution in [3.05, 3.63) is 18.0 Å². The highest BCUT2D eigenvalue weighted by molar-refractivity contribution is 7.89. The Balaban J connectivity index is 2.18. The molecule has 1 fully saturated rings. The first-order chi connectivity index (χ1) is 11.0. The van der Waals surface area contributed by atoms with Gasteiger partial charge >= 0.3 is 12.1 Å². The average molecular weight is 368 g/mol. The minimum atomic E-state index is -4.34. The number of alkyl halides is 3.